The van der Waals surface area contributed by atoms with Gasteiger partial charge in [-0.05, 0) is 0 Å². The molecule has 2 atom stereocenters. The van der Waals surface area contributed by atoms with Crippen LogP contribution >= 0.6 is 7.92 Å². The Labute approximate surface area is 193 Å². The summed E-state index contributed by atoms with van der Waals surface area (Å²) in [5.74, 6) is 0.613. The van der Waals surface area contributed by atoms with E-state index in [2.05, 4.69) is 54.7 Å². The summed E-state index contributed by atoms with van der Waals surface area (Å²) in [7, 11) is -0.0482. The molecule has 2 aromatic rings. The van der Waals surface area contributed by atoms with Gasteiger partial charge in [0.1, 0.15) is 0 Å². The van der Waals surface area contributed by atoms with Crippen LogP contribution in [0.15, 0.2) is 54.6 Å². The van der Waals surface area contributed by atoms with Crippen molar-refractivity contribution in [3.8, 4) is 0 Å². The van der Waals surface area contributed by atoms with Crippen LogP contribution in [0.4, 0.5) is 0 Å². The largest absolute Gasteiger partial charge is 4.00 e. The zero-order valence-electron chi connectivity index (χ0n) is 17.3. The van der Waals surface area contributed by atoms with E-state index in [1.807, 2.05) is 12.1 Å². The Morgan fingerprint density at radius 1 is 0.714 bits per heavy atom. The van der Waals surface area contributed by atoms with Gasteiger partial charge < -0.3 is 0 Å². The van der Waals surface area contributed by atoms with E-state index in [0.29, 0.717) is 5.92 Å². The quantitative estimate of drug-likeness (QED) is 0.310. The first kappa shape index (κ1) is 24.0. The predicted octanol–water partition coefficient (Wildman–Crippen LogP) is 7.84. The average Bonchev–Trinajstić information content (AvgIpc) is 3.55. The third-order valence-corrected chi connectivity index (χ3v) is 8.18. The molecule has 28 heavy (non-hydrogen) atoms. The van der Waals surface area contributed by atoms with Gasteiger partial charge in [0.15, 0.2) is 0 Å². The zero-order valence-corrected chi connectivity index (χ0v) is 20.6. The molecule has 0 radical (unpaired) electrons. The zero-order chi connectivity index (χ0) is 18.6. The smallest absolute Gasteiger partial charge is 0.293 e. The second-order valence-electron chi connectivity index (χ2n) is 7.93. The van der Waals surface area contributed by atoms with Crippen molar-refractivity contribution in [2.75, 3.05) is 6.16 Å². The van der Waals surface area contributed by atoms with E-state index in [0.717, 1.165) is 0 Å². The van der Waals surface area contributed by atoms with Crippen LogP contribution in [0.5, 0.6) is 0 Å². The minimum atomic E-state index is -0.0482. The van der Waals surface area contributed by atoms with E-state index in [1.54, 1.807) is 0 Å². The fourth-order valence-electron chi connectivity index (χ4n) is 4.12. The minimum Gasteiger partial charge on any atom is -0.293 e. The van der Waals surface area contributed by atoms with Crippen molar-refractivity contribution in [1.82, 2.24) is 0 Å². The van der Waals surface area contributed by atoms with Crippen molar-refractivity contribution < 1.29 is 26.2 Å². The average molecular weight is 470 g/mol. The van der Waals surface area contributed by atoms with Gasteiger partial charge in [-0.1, -0.05) is 112 Å². The molecule has 2 heteroatoms. The predicted molar refractivity (Wildman–Crippen MR) is 121 cm³/mol. The molecule has 0 N–H and O–H groups in total. The van der Waals surface area contributed by atoms with Crippen LogP contribution in [-0.4, -0.2) is 6.16 Å². The van der Waals surface area contributed by atoms with Crippen LogP contribution in [0.25, 0.3) is 0 Å². The van der Waals surface area contributed by atoms with Crippen molar-refractivity contribution in [2.24, 2.45) is 0 Å². The monoisotopic (exact) mass is 468 g/mol. The molecule has 1 saturated heterocycles. The van der Waals surface area contributed by atoms with Crippen LogP contribution in [0.1, 0.15) is 82.1 Å². The van der Waals surface area contributed by atoms with Gasteiger partial charge in [0, 0.05) is 0 Å². The van der Waals surface area contributed by atoms with Gasteiger partial charge in [0.25, 0.3) is 0 Å². The normalized spacial score (nSPS) is 23.0. The molecule has 2 aliphatic carbocycles. The van der Waals surface area contributed by atoms with E-state index >= 15 is 0 Å². The topological polar surface area (TPSA) is 0 Å². The summed E-state index contributed by atoms with van der Waals surface area (Å²) in [5.41, 5.74) is 1.36. The van der Waals surface area contributed by atoms with Crippen LogP contribution in [0, 0.1) is 12.2 Å². The Morgan fingerprint density at radius 3 is 1.75 bits per heavy atom. The van der Waals surface area contributed by atoms with Crippen molar-refractivity contribution in [1.29, 1.82) is 0 Å². The Hall–Kier alpha value is -0.247. The van der Waals surface area contributed by atoms with Gasteiger partial charge in [-0.2, -0.15) is 41.8 Å². The molecular formula is C26H35PZr+2. The van der Waals surface area contributed by atoms with E-state index in [-0.39, 0.29) is 34.1 Å². The van der Waals surface area contributed by atoms with Gasteiger partial charge in [-0.15, -0.1) is 0 Å². The molecule has 146 valence electrons. The summed E-state index contributed by atoms with van der Waals surface area (Å²) in [4.78, 5) is 0. The standard InChI is InChI=1S/C16H15P.2C5H10.Zr/c1-3-7-14(8-4-1)15-11-12-17(13-15)16-9-5-2-6-10-16;2*1-2-4-5-3-1;/h1-7,9-10,13,15H,11-12H2;2*1-5H2;/q-2;;;+4. The molecule has 0 aromatic heterocycles. The number of benzene rings is 2. The van der Waals surface area contributed by atoms with Crippen molar-refractivity contribution in [3.05, 3.63) is 72.4 Å². The van der Waals surface area contributed by atoms with E-state index in [9.17, 15) is 0 Å². The van der Waals surface area contributed by atoms with Crippen LogP contribution in [0.2, 0.25) is 0 Å². The Balaban J connectivity index is 0.000000209. The molecule has 0 bridgehead atoms. The fourth-order valence-corrected chi connectivity index (χ4v) is 6.56. The maximum atomic E-state index is 3.36. The Bertz CT molecular complexity index is 534. The minimum absolute atomic E-state index is 0. The summed E-state index contributed by atoms with van der Waals surface area (Å²) < 4.78 is 0. The van der Waals surface area contributed by atoms with Crippen molar-refractivity contribution in [2.45, 2.75) is 76.5 Å². The molecule has 0 nitrogen and oxygen atoms in total. The molecule has 0 amide bonds. The summed E-state index contributed by atoms with van der Waals surface area (Å²) in [6.45, 7) is 0. The van der Waals surface area contributed by atoms with Crippen LogP contribution in [-0.2, 0) is 26.2 Å². The first-order chi connectivity index (χ1) is 13.4. The van der Waals surface area contributed by atoms with Gasteiger partial charge >= 0.3 is 26.2 Å². The SMILES string of the molecule is C1CCCC1.C1CCCC1.[Zr+4].[c-]1ccccc1C1[CH-]P(c2ccccc2)CC1. The summed E-state index contributed by atoms with van der Waals surface area (Å²) in [6, 6.07) is 22.6. The van der Waals surface area contributed by atoms with Crippen LogP contribution in [0.3, 0.4) is 0 Å². The molecular weight excluding hydrogens is 434 g/mol. The first-order valence-electron chi connectivity index (χ1n) is 11.1. The third kappa shape index (κ3) is 8.63. The van der Waals surface area contributed by atoms with E-state index in [4.69, 9.17) is 0 Å². The summed E-state index contributed by atoms with van der Waals surface area (Å²) >= 11 is 0. The first-order valence-corrected chi connectivity index (χ1v) is 12.7. The number of hydrogen-bond acceptors (Lipinski definition) is 0. The van der Waals surface area contributed by atoms with Gasteiger partial charge in [-0.25, -0.2) is 7.92 Å². The number of rotatable bonds is 2. The third-order valence-electron chi connectivity index (χ3n) is 5.76. The molecule has 3 aliphatic rings. The molecule has 2 unspecified atom stereocenters. The van der Waals surface area contributed by atoms with Crippen LogP contribution < -0.4 is 5.30 Å². The Kier molecular flexibility index (Phi) is 12.6. The maximum Gasteiger partial charge on any atom is 4.00 e. The molecule has 1 aliphatic heterocycles. The van der Waals surface area contributed by atoms with Gasteiger partial charge in [0.05, 0.1) is 0 Å². The molecule has 3 fully saturated rings. The fraction of sp³-hybridized carbons (Fsp3) is 0.500. The second-order valence-corrected chi connectivity index (χ2v) is 10.1. The maximum absolute atomic E-state index is 3.36. The van der Waals surface area contributed by atoms with Crippen molar-refractivity contribution >= 4 is 13.2 Å². The summed E-state index contributed by atoms with van der Waals surface area (Å²) in [5, 5.41) is 1.51. The molecule has 0 spiro atoms. The van der Waals surface area contributed by atoms with Crippen molar-refractivity contribution in [3.63, 3.8) is 0 Å². The van der Waals surface area contributed by atoms with E-state index < -0.39 is 0 Å². The molecule has 2 aromatic carbocycles. The van der Waals surface area contributed by atoms with E-state index in [1.165, 1.54) is 87.7 Å². The molecule has 1 heterocycles. The van der Waals surface area contributed by atoms with Gasteiger partial charge in [-0.3, -0.25) is 6.16 Å². The second kappa shape index (κ2) is 14.7. The van der Waals surface area contributed by atoms with Gasteiger partial charge in [0.2, 0.25) is 0 Å². The molecule has 2 saturated carbocycles. The molecule has 5 rings (SSSR count). The summed E-state index contributed by atoms with van der Waals surface area (Å²) in [6.07, 6.45) is 20.2. The number of hydrogen-bond donors (Lipinski definition) is 0. The Morgan fingerprint density at radius 2 is 1.25 bits per heavy atom.